The summed E-state index contributed by atoms with van der Waals surface area (Å²) in [4.78, 5) is 26.6. The Labute approximate surface area is 114 Å². The van der Waals surface area contributed by atoms with E-state index in [1.54, 1.807) is 38.3 Å². The summed E-state index contributed by atoms with van der Waals surface area (Å²) in [5.74, 6) is 0.651. The number of aromatic nitrogens is 2. The van der Waals surface area contributed by atoms with Crippen LogP contribution in [-0.4, -0.2) is 16.7 Å². The molecule has 2 rings (SSSR count). The van der Waals surface area contributed by atoms with Crippen LogP contribution in [0.1, 0.15) is 12.5 Å². The van der Waals surface area contributed by atoms with E-state index in [0.29, 0.717) is 23.4 Å². The highest BCUT2D eigenvalue weighted by Gasteiger charge is 2.12. The van der Waals surface area contributed by atoms with Gasteiger partial charge in [0.1, 0.15) is 10.9 Å². The Bertz CT molecular complexity index is 701. The minimum absolute atomic E-state index is 0.0993. The maximum atomic E-state index is 12.2. The fraction of sp³-hybridized carbons (Fsp3) is 0.231. The molecule has 0 bridgehead atoms. The molecule has 0 atom stereocenters. The summed E-state index contributed by atoms with van der Waals surface area (Å²) >= 11 is 5.85. The monoisotopic (exact) mass is 280 g/mol. The summed E-state index contributed by atoms with van der Waals surface area (Å²) in [6.45, 7) is 1.80. The van der Waals surface area contributed by atoms with E-state index in [1.165, 1.54) is 0 Å². The first-order valence-electron chi connectivity index (χ1n) is 5.76. The molecule has 100 valence electrons. The van der Waals surface area contributed by atoms with Crippen LogP contribution in [0.2, 0.25) is 5.15 Å². The molecule has 19 heavy (non-hydrogen) atoms. The molecule has 0 saturated heterocycles. The molecule has 0 radical (unpaired) electrons. The number of halogens is 1. The molecule has 1 heterocycles. The van der Waals surface area contributed by atoms with Gasteiger partial charge >= 0.3 is 5.69 Å². The minimum Gasteiger partial charge on any atom is -0.497 e. The molecule has 0 aliphatic carbocycles. The molecule has 0 amide bonds. The Hall–Kier alpha value is -2.01. The second kappa shape index (κ2) is 5.32. The topological polar surface area (TPSA) is 64.1 Å². The molecule has 0 aliphatic heterocycles. The normalized spacial score (nSPS) is 10.5. The van der Waals surface area contributed by atoms with Gasteiger partial charge in [-0.1, -0.05) is 18.5 Å². The SMILES string of the molecule is CCc1c(Cl)[nH]c(=O)n(-c2ccc(OC)cc2)c1=O. The number of nitrogens with one attached hydrogen (secondary N) is 1. The van der Waals surface area contributed by atoms with Gasteiger partial charge in [0.2, 0.25) is 0 Å². The van der Waals surface area contributed by atoms with Gasteiger partial charge in [-0.3, -0.25) is 9.78 Å². The number of hydrogen-bond donors (Lipinski definition) is 1. The van der Waals surface area contributed by atoms with Crippen molar-refractivity contribution in [2.24, 2.45) is 0 Å². The van der Waals surface area contributed by atoms with E-state index in [2.05, 4.69) is 4.98 Å². The molecule has 1 aromatic carbocycles. The highest BCUT2D eigenvalue weighted by molar-refractivity contribution is 6.30. The summed E-state index contributed by atoms with van der Waals surface area (Å²) in [5, 5.41) is 0.0993. The molecule has 1 aromatic heterocycles. The smallest absolute Gasteiger partial charge is 0.334 e. The molecule has 0 unspecified atom stereocenters. The van der Waals surface area contributed by atoms with Gasteiger partial charge in [0.15, 0.2) is 0 Å². The highest BCUT2D eigenvalue weighted by atomic mass is 35.5. The third kappa shape index (κ3) is 2.42. The zero-order valence-corrected chi connectivity index (χ0v) is 11.3. The van der Waals surface area contributed by atoms with Crippen LogP contribution in [0.5, 0.6) is 5.75 Å². The number of rotatable bonds is 3. The van der Waals surface area contributed by atoms with Crippen molar-refractivity contribution >= 4 is 11.6 Å². The van der Waals surface area contributed by atoms with E-state index in [1.807, 2.05) is 0 Å². The molecule has 1 N–H and O–H groups in total. The maximum absolute atomic E-state index is 12.2. The van der Waals surface area contributed by atoms with Crippen LogP contribution in [0.15, 0.2) is 33.9 Å². The van der Waals surface area contributed by atoms with Crippen molar-refractivity contribution in [2.45, 2.75) is 13.3 Å². The summed E-state index contributed by atoms with van der Waals surface area (Å²) in [7, 11) is 1.55. The average molecular weight is 281 g/mol. The predicted octanol–water partition coefficient (Wildman–Crippen LogP) is 1.75. The second-order valence-corrected chi connectivity index (χ2v) is 4.29. The van der Waals surface area contributed by atoms with Crippen molar-refractivity contribution in [2.75, 3.05) is 7.11 Å². The fourth-order valence-electron chi connectivity index (χ4n) is 1.82. The number of H-pyrrole nitrogens is 1. The van der Waals surface area contributed by atoms with Gasteiger partial charge in [-0.2, -0.15) is 0 Å². The maximum Gasteiger partial charge on any atom is 0.334 e. The van der Waals surface area contributed by atoms with Crippen molar-refractivity contribution in [1.82, 2.24) is 9.55 Å². The van der Waals surface area contributed by atoms with Gasteiger partial charge in [0, 0.05) is 0 Å². The number of aromatic amines is 1. The lowest BCUT2D eigenvalue weighted by Gasteiger charge is -2.08. The quantitative estimate of drug-likeness (QED) is 0.871. The molecule has 0 fully saturated rings. The Morgan fingerprint density at radius 1 is 1.26 bits per heavy atom. The second-order valence-electron chi connectivity index (χ2n) is 3.91. The van der Waals surface area contributed by atoms with Crippen molar-refractivity contribution in [1.29, 1.82) is 0 Å². The molecule has 2 aromatic rings. The van der Waals surface area contributed by atoms with Crippen LogP contribution in [0.25, 0.3) is 5.69 Å². The van der Waals surface area contributed by atoms with Crippen LogP contribution < -0.4 is 16.0 Å². The lowest BCUT2D eigenvalue weighted by atomic mass is 10.2. The van der Waals surface area contributed by atoms with Crippen molar-refractivity contribution < 1.29 is 4.74 Å². The van der Waals surface area contributed by atoms with Crippen LogP contribution in [-0.2, 0) is 6.42 Å². The molecular weight excluding hydrogens is 268 g/mol. The lowest BCUT2D eigenvalue weighted by Crippen LogP contribution is -2.35. The van der Waals surface area contributed by atoms with E-state index >= 15 is 0 Å². The third-order valence-electron chi connectivity index (χ3n) is 2.83. The van der Waals surface area contributed by atoms with Gasteiger partial charge in [-0.05, 0) is 30.7 Å². The zero-order valence-electron chi connectivity index (χ0n) is 10.6. The number of ether oxygens (including phenoxy) is 1. The lowest BCUT2D eigenvalue weighted by molar-refractivity contribution is 0.414. The van der Waals surface area contributed by atoms with Crippen molar-refractivity contribution in [3.05, 3.63) is 55.8 Å². The van der Waals surface area contributed by atoms with E-state index in [9.17, 15) is 9.59 Å². The Balaban J connectivity index is 2.68. The Morgan fingerprint density at radius 3 is 2.42 bits per heavy atom. The van der Waals surface area contributed by atoms with E-state index < -0.39 is 11.2 Å². The zero-order chi connectivity index (χ0) is 14.0. The van der Waals surface area contributed by atoms with E-state index in [4.69, 9.17) is 16.3 Å². The number of nitrogens with zero attached hydrogens (tertiary/aromatic N) is 1. The molecular formula is C13H13ClN2O3. The molecule has 6 heteroatoms. The van der Waals surface area contributed by atoms with Gasteiger partial charge in [0.05, 0.1) is 18.4 Å². The fourth-order valence-corrected chi connectivity index (χ4v) is 2.11. The minimum atomic E-state index is -0.558. The summed E-state index contributed by atoms with van der Waals surface area (Å²) < 4.78 is 6.09. The standard InChI is InChI=1S/C13H13ClN2O3/c1-3-10-11(14)15-13(18)16(12(10)17)8-4-6-9(19-2)7-5-8/h4-7H,3H2,1-2H3,(H,15,18). The van der Waals surface area contributed by atoms with E-state index in [0.717, 1.165) is 4.57 Å². The summed E-state index contributed by atoms with van der Waals surface area (Å²) in [5.41, 5.74) is -0.103. The van der Waals surface area contributed by atoms with Gasteiger partial charge < -0.3 is 4.74 Å². The van der Waals surface area contributed by atoms with Gasteiger partial charge in [-0.25, -0.2) is 9.36 Å². The highest BCUT2D eigenvalue weighted by Crippen LogP contribution is 2.13. The number of methoxy groups -OCH3 is 1. The first kappa shape index (κ1) is 13.4. The molecule has 0 aliphatic rings. The number of benzene rings is 1. The van der Waals surface area contributed by atoms with Crippen LogP contribution in [0.3, 0.4) is 0 Å². The van der Waals surface area contributed by atoms with Crippen molar-refractivity contribution in [3.63, 3.8) is 0 Å². The number of hydrogen-bond acceptors (Lipinski definition) is 3. The third-order valence-corrected chi connectivity index (χ3v) is 3.15. The van der Waals surface area contributed by atoms with Crippen LogP contribution in [0, 0.1) is 0 Å². The Kier molecular flexibility index (Phi) is 3.76. The summed E-state index contributed by atoms with van der Waals surface area (Å²) in [6.07, 6.45) is 0.449. The first-order valence-corrected chi connectivity index (χ1v) is 6.14. The molecule has 0 spiro atoms. The molecule has 0 saturated carbocycles. The largest absolute Gasteiger partial charge is 0.497 e. The Morgan fingerprint density at radius 2 is 1.89 bits per heavy atom. The first-order chi connectivity index (χ1) is 9.08. The van der Waals surface area contributed by atoms with Gasteiger partial charge in [0.25, 0.3) is 5.56 Å². The van der Waals surface area contributed by atoms with E-state index in [-0.39, 0.29) is 5.15 Å². The molecule has 5 nitrogen and oxygen atoms in total. The summed E-state index contributed by atoms with van der Waals surface area (Å²) in [6, 6.07) is 6.65. The van der Waals surface area contributed by atoms with Crippen molar-refractivity contribution in [3.8, 4) is 11.4 Å². The van der Waals surface area contributed by atoms with Gasteiger partial charge in [-0.15, -0.1) is 0 Å². The van der Waals surface area contributed by atoms with Crippen LogP contribution in [0.4, 0.5) is 0 Å². The average Bonchev–Trinajstić information content (AvgIpc) is 2.39. The predicted molar refractivity (Wildman–Crippen MR) is 73.6 cm³/mol. The van der Waals surface area contributed by atoms with Crippen LogP contribution >= 0.6 is 11.6 Å².